The van der Waals surface area contributed by atoms with Crippen LogP contribution >= 0.6 is 24.1 Å². The van der Waals surface area contributed by atoms with Crippen LogP contribution in [-0.4, -0.2) is 35.8 Å². The van der Waals surface area contributed by atoms with Gasteiger partial charge < -0.3 is 28.4 Å². The minimum Gasteiger partial charge on any atom is -0.802 e. The summed E-state index contributed by atoms with van der Waals surface area (Å²) in [6, 6.07) is 0. The molecular weight excluding hydrogens is 324 g/mol. The Morgan fingerprint density at radius 2 is 0.789 bits per heavy atom. The smallest absolute Gasteiger partial charge is 0.802 e. The van der Waals surface area contributed by atoms with Gasteiger partial charge in [0.25, 0.3) is 0 Å². The molecule has 6 nitrogen and oxygen atoms in total. The van der Waals surface area contributed by atoms with Crippen LogP contribution in [0.4, 0.5) is 0 Å². The van der Waals surface area contributed by atoms with Crippen LogP contribution in [0.5, 0.6) is 0 Å². The van der Waals surface area contributed by atoms with Gasteiger partial charge in [0.05, 0.1) is 0 Å². The standard InChI is InChI=1S/3C3H9O2P.Al/c3*1-2-3-6(4)5;/h3*6H,2-3H2,1H3,(H,4,5);/q;;;+3/p-3. The molecule has 0 amide bonds. The summed E-state index contributed by atoms with van der Waals surface area (Å²) in [6.45, 7) is 5.54. The molecule has 0 heterocycles. The average molecular weight is 348 g/mol. The van der Waals surface area contributed by atoms with Crippen LogP contribution in [0.2, 0.25) is 0 Å². The van der Waals surface area contributed by atoms with Gasteiger partial charge in [-0.15, -0.1) is 0 Å². The molecule has 3 unspecified atom stereocenters. The van der Waals surface area contributed by atoms with Crippen molar-refractivity contribution < 1.29 is 28.4 Å². The second-order valence-corrected chi connectivity index (χ2v) is 7.10. The minimum atomic E-state index is -2.39. The maximum absolute atomic E-state index is 9.67. The molecule has 0 aliphatic rings. The minimum absolute atomic E-state index is 0. The Morgan fingerprint density at radius 3 is 0.789 bits per heavy atom. The molecule has 0 aromatic rings. The van der Waals surface area contributed by atoms with E-state index in [2.05, 4.69) is 0 Å². The van der Waals surface area contributed by atoms with Crippen molar-refractivity contribution in [3.63, 3.8) is 0 Å². The van der Waals surface area contributed by atoms with Crippen LogP contribution in [0, 0.1) is 0 Å². The monoisotopic (exact) mass is 348 g/mol. The van der Waals surface area contributed by atoms with Gasteiger partial charge in [0.2, 0.25) is 0 Å². The van der Waals surface area contributed by atoms with Gasteiger partial charge in [0, 0.05) is 24.1 Å². The quantitative estimate of drug-likeness (QED) is 0.503. The third kappa shape index (κ3) is 54.7. The zero-order chi connectivity index (χ0) is 15.0. The van der Waals surface area contributed by atoms with Crippen LogP contribution in [0.25, 0.3) is 0 Å². The fourth-order valence-electron chi connectivity index (χ4n) is 0.612. The Bertz CT molecular complexity index is 202. The van der Waals surface area contributed by atoms with E-state index in [-0.39, 0.29) is 17.4 Å². The van der Waals surface area contributed by atoms with E-state index >= 15 is 0 Å². The Labute approximate surface area is 128 Å². The van der Waals surface area contributed by atoms with E-state index < -0.39 is 24.1 Å². The van der Waals surface area contributed by atoms with Crippen molar-refractivity contribution in [3.05, 3.63) is 0 Å². The van der Waals surface area contributed by atoms with Crippen molar-refractivity contribution in [1.29, 1.82) is 0 Å². The Hall–Kier alpha value is 1.10. The van der Waals surface area contributed by atoms with Crippen LogP contribution in [0.15, 0.2) is 0 Å². The Balaban J connectivity index is -0.0000000865. The molecule has 0 rings (SSSR count). The van der Waals surface area contributed by atoms with Crippen molar-refractivity contribution in [2.45, 2.75) is 40.0 Å². The van der Waals surface area contributed by atoms with Crippen molar-refractivity contribution >= 4 is 41.4 Å². The van der Waals surface area contributed by atoms with E-state index in [9.17, 15) is 28.4 Å². The Morgan fingerprint density at radius 1 is 0.632 bits per heavy atom. The fraction of sp³-hybridized carbons (Fsp3) is 1.00. The summed E-state index contributed by atoms with van der Waals surface area (Å²) in [7, 11) is -7.16. The van der Waals surface area contributed by atoms with E-state index in [0.29, 0.717) is 18.5 Å². The van der Waals surface area contributed by atoms with Gasteiger partial charge in [-0.2, -0.15) is 0 Å². The molecule has 0 aromatic carbocycles. The number of hydrogen-bond donors (Lipinski definition) is 0. The molecule has 0 saturated heterocycles. The summed E-state index contributed by atoms with van der Waals surface area (Å²) >= 11 is 0. The van der Waals surface area contributed by atoms with E-state index in [0.717, 1.165) is 19.3 Å². The molecule has 0 aliphatic carbocycles. The van der Waals surface area contributed by atoms with Gasteiger partial charge >= 0.3 is 17.4 Å². The molecule has 0 saturated carbocycles. The molecule has 0 fully saturated rings. The van der Waals surface area contributed by atoms with Crippen molar-refractivity contribution in [3.8, 4) is 0 Å². The second-order valence-electron chi connectivity index (χ2n) is 3.37. The largest absolute Gasteiger partial charge is 3.00 e. The fourth-order valence-corrected chi connectivity index (χ4v) is 1.84. The third-order valence-electron chi connectivity index (χ3n) is 1.36. The van der Waals surface area contributed by atoms with Crippen molar-refractivity contribution in [1.82, 2.24) is 0 Å². The number of hydrogen-bond acceptors (Lipinski definition) is 6. The predicted octanol–water partition coefficient (Wildman–Crippen LogP) is 0.313. The van der Waals surface area contributed by atoms with E-state index in [1.54, 1.807) is 0 Å². The summed E-state index contributed by atoms with van der Waals surface area (Å²) < 4.78 is 29.0. The van der Waals surface area contributed by atoms with Gasteiger partial charge in [0.15, 0.2) is 0 Å². The van der Waals surface area contributed by atoms with Crippen LogP contribution in [-0.2, 0) is 13.7 Å². The van der Waals surface area contributed by atoms with Crippen LogP contribution in [0.3, 0.4) is 0 Å². The summed E-state index contributed by atoms with van der Waals surface area (Å²) in [5.74, 6) is 0. The molecule has 19 heavy (non-hydrogen) atoms. The average Bonchev–Trinajstić information content (AvgIpc) is 2.18. The summed E-state index contributed by atoms with van der Waals surface area (Å²) in [6.07, 6.45) is 3.35. The predicted molar refractivity (Wildman–Crippen MR) is 78.2 cm³/mol. The van der Waals surface area contributed by atoms with E-state index in [1.165, 1.54) is 0 Å². The summed E-state index contributed by atoms with van der Waals surface area (Å²) in [5.41, 5.74) is 0. The zero-order valence-electron chi connectivity index (χ0n) is 11.8. The molecule has 10 heteroatoms. The van der Waals surface area contributed by atoms with Gasteiger partial charge in [-0.1, -0.05) is 40.0 Å². The second kappa shape index (κ2) is 24.1. The SMILES string of the molecule is CCC[PH](=O)[O-].CCC[PH](=O)[O-].CCC[PH](=O)[O-].[Al+3]. The first-order chi connectivity index (χ1) is 8.31. The molecule has 0 aliphatic heterocycles. The molecule has 0 radical (unpaired) electrons. The van der Waals surface area contributed by atoms with Gasteiger partial charge in [-0.05, 0) is 18.5 Å². The molecule has 114 valence electrons. The Kier molecular flexibility index (Phi) is 35.9. The normalized spacial score (nSPS) is 13.6. The summed E-state index contributed by atoms with van der Waals surface area (Å²) in [4.78, 5) is 29.0. The first kappa shape index (κ1) is 28.3. The summed E-state index contributed by atoms with van der Waals surface area (Å²) in [5, 5.41) is 0. The molecule has 0 spiro atoms. The van der Waals surface area contributed by atoms with Crippen LogP contribution < -0.4 is 14.7 Å². The first-order valence-electron chi connectivity index (χ1n) is 5.91. The first-order valence-corrected chi connectivity index (χ1v) is 10.5. The van der Waals surface area contributed by atoms with E-state index in [4.69, 9.17) is 0 Å². The van der Waals surface area contributed by atoms with E-state index in [1.807, 2.05) is 20.8 Å². The van der Waals surface area contributed by atoms with Crippen molar-refractivity contribution in [2.24, 2.45) is 0 Å². The maximum atomic E-state index is 9.67. The maximum Gasteiger partial charge on any atom is 3.00 e. The molecule has 0 aromatic heterocycles. The van der Waals surface area contributed by atoms with Crippen molar-refractivity contribution in [2.75, 3.05) is 18.5 Å². The van der Waals surface area contributed by atoms with Gasteiger partial charge in [0.1, 0.15) is 0 Å². The topological polar surface area (TPSA) is 120 Å². The van der Waals surface area contributed by atoms with Crippen LogP contribution in [0.1, 0.15) is 40.0 Å². The molecule has 0 N–H and O–H groups in total. The zero-order valence-corrected chi connectivity index (χ0v) is 15.9. The van der Waals surface area contributed by atoms with Gasteiger partial charge in [-0.25, -0.2) is 0 Å². The van der Waals surface area contributed by atoms with Gasteiger partial charge in [-0.3, -0.25) is 0 Å². The third-order valence-corrected chi connectivity index (χ3v) is 4.09. The number of rotatable bonds is 6. The molecule has 3 atom stereocenters. The molecule has 0 bridgehead atoms. The molecular formula is C9H24AlO6P3.